The highest BCUT2D eigenvalue weighted by atomic mass is 32.2. The van der Waals surface area contributed by atoms with Gasteiger partial charge in [0, 0.05) is 22.6 Å². The van der Waals surface area contributed by atoms with Gasteiger partial charge in [-0.3, -0.25) is 19.3 Å². The number of hydrogen-bond acceptors (Lipinski definition) is 5. The minimum Gasteiger partial charge on any atom is -0.497 e. The smallest absolute Gasteiger partial charge is 0.317 e. The molecule has 7 heteroatoms. The highest BCUT2D eigenvalue weighted by Crippen LogP contribution is 2.28. The first kappa shape index (κ1) is 23.1. The summed E-state index contributed by atoms with van der Waals surface area (Å²) in [6, 6.07) is 21.4. The summed E-state index contributed by atoms with van der Waals surface area (Å²) in [5.41, 5.74) is 2.34. The van der Waals surface area contributed by atoms with E-state index in [1.54, 1.807) is 31.4 Å². The largest absolute Gasteiger partial charge is 0.497 e. The van der Waals surface area contributed by atoms with Gasteiger partial charge in [0.15, 0.2) is 0 Å². The number of aliphatic carboxylic acids is 1. The molecule has 1 heterocycles. The van der Waals surface area contributed by atoms with Crippen molar-refractivity contribution in [2.24, 2.45) is 0 Å². The molecule has 4 rings (SSSR count). The zero-order valence-corrected chi connectivity index (χ0v) is 19.2. The van der Waals surface area contributed by atoms with Crippen molar-refractivity contribution >= 4 is 29.5 Å². The van der Waals surface area contributed by atoms with E-state index in [1.165, 1.54) is 11.8 Å². The van der Waals surface area contributed by atoms with Crippen molar-refractivity contribution in [3.63, 3.8) is 0 Å². The number of thioether (sulfide) groups is 1. The van der Waals surface area contributed by atoms with E-state index in [0.717, 1.165) is 26.7 Å². The molecule has 3 aromatic carbocycles. The van der Waals surface area contributed by atoms with Crippen molar-refractivity contribution in [3.8, 4) is 17.6 Å². The number of carbonyl (C=O) groups is 3. The Balaban J connectivity index is 1.39. The second-order valence-corrected chi connectivity index (χ2v) is 8.82. The number of nitrogens with zero attached hydrogens (tertiary/aromatic N) is 1. The standard InChI is InChI=1S/C27H21NO5S/c1-33-20-6-4-5-19(17-20)10-9-18-11-13-21(14-12-18)34-24(27(31)32)15-16-28-25(29)22-7-2-3-8-23(22)26(28)30/h2-8,11-14,17,24H,15-16H2,1H3,(H,31,32). The van der Waals surface area contributed by atoms with Gasteiger partial charge in [-0.25, -0.2) is 0 Å². The van der Waals surface area contributed by atoms with Crippen LogP contribution in [-0.4, -0.2) is 46.7 Å². The van der Waals surface area contributed by atoms with Gasteiger partial charge in [-0.05, 0) is 61.0 Å². The summed E-state index contributed by atoms with van der Waals surface area (Å²) >= 11 is 1.18. The Kier molecular flexibility index (Phi) is 7.00. The minimum absolute atomic E-state index is 0.0421. The second-order valence-electron chi connectivity index (χ2n) is 7.55. The molecule has 2 amide bonds. The molecular formula is C27H21NO5S. The normalized spacial score (nSPS) is 13.1. The van der Waals surface area contributed by atoms with Gasteiger partial charge in [0.2, 0.25) is 0 Å². The van der Waals surface area contributed by atoms with Gasteiger partial charge in [0.1, 0.15) is 11.0 Å². The average Bonchev–Trinajstić information content (AvgIpc) is 3.10. The Morgan fingerprint density at radius 3 is 2.21 bits per heavy atom. The van der Waals surface area contributed by atoms with Gasteiger partial charge in [0.05, 0.1) is 18.2 Å². The van der Waals surface area contributed by atoms with E-state index in [2.05, 4.69) is 11.8 Å². The first-order chi connectivity index (χ1) is 16.5. The van der Waals surface area contributed by atoms with Crippen molar-refractivity contribution < 1.29 is 24.2 Å². The summed E-state index contributed by atoms with van der Waals surface area (Å²) in [6.45, 7) is 0.0421. The molecule has 0 saturated carbocycles. The van der Waals surface area contributed by atoms with Crippen LogP contribution < -0.4 is 4.74 Å². The van der Waals surface area contributed by atoms with Crippen LogP contribution in [0.15, 0.2) is 77.7 Å². The Hall–Kier alpha value is -4.02. The average molecular weight is 472 g/mol. The van der Waals surface area contributed by atoms with Crippen molar-refractivity contribution in [1.82, 2.24) is 4.90 Å². The van der Waals surface area contributed by atoms with Gasteiger partial charge in [-0.1, -0.05) is 30.0 Å². The van der Waals surface area contributed by atoms with Crippen LogP contribution in [0.5, 0.6) is 5.75 Å². The predicted octanol–water partition coefficient (Wildman–Crippen LogP) is 4.33. The SMILES string of the molecule is COc1cccc(C#Cc2ccc(SC(CCN3C(=O)c4ccccc4C3=O)C(=O)O)cc2)c1. The summed E-state index contributed by atoms with van der Waals surface area (Å²) in [5, 5.41) is 8.87. The number of amides is 2. The number of carbonyl (C=O) groups excluding carboxylic acids is 2. The number of hydrogen-bond donors (Lipinski definition) is 1. The Labute approximate surface area is 201 Å². The highest BCUT2D eigenvalue weighted by molar-refractivity contribution is 8.00. The lowest BCUT2D eigenvalue weighted by Crippen LogP contribution is -2.33. The number of benzene rings is 3. The molecule has 0 saturated heterocycles. The van der Waals surface area contributed by atoms with Gasteiger partial charge in [0.25, 0.3) is 11.8 Å². The van der Waals surface area contributed by atoms with Crippen LogP contribution in [0.4, 0.5) is 0 Å². The second kappa shape index (κ2) is 10.3. The van der Waals surface area contributed by atoms with E-state index in [4.69, 9.17) is 4.74 Å². The number of fused-ring (bicyclic) bond motifs is 1. The van der Waals surface area contributed by atoms with Crippen LogP contribution in [0.1, 0.15) is 38.3 Å². The third kappa shape index (κ3) is 5.13. The Bertz CT molecular complexity index is 1270. The van der Waals surface area contributed by atoms with Crippen LogP contribution in [-0.2, 0) is 4.79 Å². The van der Waals surface area contributed by atoms with Crippen LogP contribution in [0.3, 0.4) is 0 Å². The maximum Gasteiger partial charge on any atom is 0.317 e. The third-order valence-electron chi connectivity index (χ3n) is 5.32. The van der Waals surface area contributed by atoms with Gasteiger partial charge >= 0.3 is 5.97 Å². The Morgan fingerprint density at radius 2 is 1.59 bits per heavy atom. The quantitative estimate of drug-likeness (QED) is 0.314. The molecule has 1 N–H and O–H groups in total. The maximum atomic E-state index is 12.5. The minimum atomic E-state index is -0.997. The molecule has 3 aromatic rings. The molecule has 0 radical (unpaired) electrons. The lowest BCUT2D eigenvalue weighted by molar-refractivity contribution is -0.136. The molecule has 1 atom stereocenters. The van der Waals surface area contributed by atoms with E-state index < -0.39 is 11.2 Å². The van der Waals surface area contributed by atoms with Crippen LogP contribution >= 0.6 is 11.8 Å². The first-order valence-corrected chi connectivity index (χ1v) is 11.4. The molecule has 1 aliphatic rings. The molecule has 0 fully saturated rings. The summed E-state index contributed by atoms with van der Waals surface area (Å²) in [6.07, 6.45) is 0.142. The number of ether oxygens (including phenoxy) is 1. The number of carboxylic acids is 1. The van der Waals surface area contributed by atoms with E-state index in [-0.39, 0.29) is 24.8 Å². The number of imide groups is 1. The fourth-order valence-electron chi connectivity index (χ4n) is 3.55. The Morgan fingerprint density at radius 1 is 0.941 bits per heavy atom. The summed E-state index contributed by atoms with van der Waals surface area (Å²) in [4.78, 5) is 38.7. The molecule has 0 aromatic heterocycles. The summed E-state index contributed by atoms with van der Waals surface area (Å²) in [7, 11) is 1.60. The van der Waals surface area contributed by atoms with Gasteiger partial charge < -0.3 is 9.84 Å². The van der Waals surface area contributed by atoms with Crippen molar-refractivity contribution in [2.45, 2.75) is 16.6 Å². The van der Waals surface area contributed by atoms with Crippen LogP contribution in [0, 0.1) is 11.8 Å². The summed E-state index contributed by atoms with van der Waals surface area (Å²) < 4.78 is 5.20. The first-order valence-electron chi connectivity index (χ1n) is 10.6. The zero-order chi connectivity index (χ0) is 24.1. The van der Waals surface area contributed by atoms with Gasteiger partial charge in [-0.2, -0.15) is 0 Å². The predicted molar refractivity (Wildman–Crippen MR) is 129 cm³/mol. The number of methoxy groups -OCH3 is 1. The summed E-state index contributed by atoms with van der Waals surface area (Å²) in [5.74, 6) is 5.14. The lowest BCUT2D eigenvalue weighted by atomic mass is 10.1. The lowest BCUT2D eigenvalue weighted by Gasteiger charge is -2.17. The molecule has 0 bridgehead atoms. The fraction of sp³-hybridized carbons (Fsp3) is 0.148. The van der Waals surface area contributed by atoms with Crippen molar-refractivity contribution in [3.05, 3.63) is 95.1 Å². The topological polar surface area (TPSA) is 83.9 Å². The van der Waals surface area contributed by atoms with E-state index >= 15 is 0 Å². The van der Waals surface area contributed by atoms with Crippen LogP contribution in [0.25, 0.3) is 0 Å². The van der Waals surface area contributed by atoms with Crippen LogP contribution in [0.2, 0.25) is 0 Å². The van der Waals surface area contributed by atoms with E-state index in [0.29, 0.717) is 11.1 Å². The molecule has 6 nitrogen and oxygen atoms in total. The van der Waals surface area contributed by atoms with Gasteiger partial charge in [-0.15, -0.1) is 11.8 Å². The third-order valence-corrected chi connectivity index (χ3v) is 6.59. The fourth-order valence-corrected chi connectivity index (χ4v) is 4.49. The van der Waals surface area contributed by atoms with E-state index in [9.17, 15) is 19.5 Å². The number of carboxylic acid groups (broad SMARTS) is 1. The highest BCUT2D eigenvalue weighted by Gasteiger charge is 2.35. The van der Waals surface area contributed by atoms with Crippen molar-refractivity contribution in [2.75, 3.05) is 13.7 Å². The molecule has 0 spiro atoms. The maximum absolute atomic E-state index is 12.5. The zero-order valence-electron chi connectivity index (χ0n) is 18.4. The van der Waals surface area contributed by atoms with E-state index in [1.807, 2.05) is 48.5 Å². The van der Waals surface area contributed by atoms with Crippen molar-refractivity contribution in [1.29, 1.82) is 0 Å². The molecule has 34 heavy (non-hydrogen) atoms. The monoisotopic (exact) mass is 471 g/mol. The molecule has 170 valence electrons. The molecule has 0 aliphatic carbocycles. The molecular weight excluding hydrogens is 450 g/mol. The number of rotatable bonds is 7. The molecule has 1 aliphatic heterocycles. The molecule has 1 unspecified atom stereocenters.